The third-order valence-electron chi connectivity index (χ3n) is 5.42. The van der Waals surface area contributed by atoms with Gasteiger partial charge in [-0.3, -0.25) is 5.11 Å². The Bertz CT molecular complexity index is 882. The predicted octanol–water partition coefficient (Wildman–Crippen LogP) is 6.43. The number of nitrogens with zero attached hydrogens (tertiary/aromatic N) is 1. The Hall–Kier alpha value is -3.07. The van der Waals surface area contributed by atoms with Gasteiger partial charge >= 0.3 is 0 Å². The minimum absolute atomic E-state index is 0.170. The summed E-state index contributed by atoms with van der Waals surface area (Å²) in [4.78, 5) is 5.92. The molecule has 0 aromatic heterocycles. The van der Waals surface area contributed by atoms with E-state index in [9.17, 15) is 5.11 Å². The fraction of sp³-hybridized carbons (Fsp3) is 0.240. The second-order valence-corrected chi connectivity index (χ2v) is 7.24. The van der Waals surface area contributed by atoms with Crippen LogP contribution in [0.25, 0.3) is 0 Å². The molecular weight excluding hydrogens is 346 g/mol. The van der Waals surface area contributed by atoms with Crippen LogP contribution in [0.1, 0.15) is 53.5 Å². The monoisotopic (exact) mass is 370 g/mol. The molecule has 3 heteroatoms. The van der Waals surface area contributed by atoms with E-state index in [1.807, 2.05) is 48.7 Å². The van der Waals surface area contributed by atoms with Crippen molar-refractivity contribution in [3.8, 4) is 5.75 Å². The second-order valence-electron chi connectivity index (χ2n) is 7.24. The number of hydrogen-bond donors (Lipinski definition) is 0. The Morgan fingerprint density at radius 2 is 1.61 bits per heavy atom. The lowest BCUT2D eigenvalue weighted by Gasteiger charge is -2.24. The molecule has 0 N–H and O–H groups in total. The van der Waals surface area contributed by atoms with Gasteiger partial charge in [-0.05, 0) is 54.4 Å². The van der Waals surface area contributed by atoms with E-state index in [4.69, 9.17) is 4.84 Å². The highest BCUT2D eigenvalue weighted by Crippen LogP contribution is 2.37. The lowest BCUT2D eigenvalue weighted by Crippen LogP contribution is -2.10. The standard InChI is InChI=1S/C25H24NO2/c27-24-16-8-14-22-19(13-7-15-23(22)24)17-18-26-28-25(20-9-3-1-4-10-20)21-11-5-2-6-12-21/h1-6,8-12,14,16,18-19,25H,7,13,15,17H2. The van der Waals surface area contributed by atoms with Gasteiger partial charge in [0.1, 0.15) is 0 Å². The Morgan fingerprint density at radius 3 is 2.29 bits per heavy atom. The van der Waals surface area contributed by atoms with Crippen molar-refractivity contribution in [1.29, 1.82) is 0 Å². The van der Waals surface area contributed by atoms with Crippen LogP contribution in [0.4, 0.5) is 0 Å². The molecule has 0 fully saturated rings. The molecule has 0 bridgehead atoms. The molecule has 0 saturated heterocycles. The summed E-state index contributed by atoms with van der Waals surface area (Å²) in [6.07, 6.45) is 5.45. The highest BCUT2D eigenvalue weighted by Gasteiger charge is 2.22. The van der Waals surface area contributed by atoms with Gasteiger partial charge in [-0.15, -0.1) is 0 Å². The van der Waals surface area contributed by atoms with E-state index in [-0.39, 0.29) is 11.9 Å². The van der Waals surface area contributed by atoms with Crippen molar-refractivity contribution in [2.24, 2.45) is 5.16 Å². The van der Waals surface area contributed by atoms with Crippen LogP contribution in [0.15, 0.2) is 84.0 Å². The molecule has 1 aliphatic rings. The minimum atomic E-state index is -0.231. The molecule has 1 atom stereocenters. The maximum atomic E-state index is 12.1. The molecule has 1 radical (unpaired) electrons. The lowest BCUT2D eigenvalue weighted by atomic mass is 9.81. The number of rotatable bonds is 6. The van der Waals surface area contributed by atoms with Crippen LogP contribution < -0.4 is 0 Å². The summed E-state index contributed by atoms with van der Waals surface area (Å²) < 4.78 is 0. The van der Waals surface area contributed by atoms with Gasteiger partial charge in [-0.2, -0.15) is 0 Å². The fourth-order valence-electron chi connectivity index (χ4n) is 4.00. The topological polar surface area (TPSA) is 41.5 Å². The van der Waals surface area contributed by atoms with E-state index < -0.39 is 0 Å². The molecule has 3 aromatic rings. The van der Waals surface area contributed by atoms with Crippen LogP contribution in [-0.2, 0) is 16.4 Å². The maximum Gasteiger partial charge on any atom is 0.182 e. The summed E-state index contributed by atoms with van der Waals surface area (Å²) >= 11 is 0. The SMILES string of the molecule is [O]c1cccc2c1CCCC2CC=NOC(c1ccccc1)c1ccccc1. The van der Waals surface area contributed by atoms with Gasteiger partial charge in [0.15, 0.2) is 11.9 Å². The van der Waals surface area contributed by atoms with Crippen molar-refractivity contribution < 1.29 is 9.94 Å². The van der Waals surface area contributed by atoms with E-state index in [0.717, 1.165) is 42.4 Å². The van der Waals surface area contributed by atoms with Crippen molar-refractivity contribution in [2.45, 2.75) is 37.7 Å². The first-order valence-corrected chi connectivity index (χ1v) is 9.89. The van der Waals surface area contributed by atoms with Gasteiger partial charge in [-0.1, -0.05) is 78.0 Å². The summed E-state index contributed by atoms with van der Waals surface area (Å²) in [5.41, 5.74) is 4.32. The van der Waals surface area contributed by atoms with E-state index in [2.05, 4.69) is 35.5 Å². The summed E-state index contributed by atoms with van der Waals surface area (Å²) in [5.74, 6) is 0.514. The summed E-state index contributed by atoms with van der Waals surface area (Å²) in [6, 6.07) is 25.9. The molecule has 0 amide bonds. The molecule has 4 rings (SSSR count). The Morgan fingerprint density at radius 1 is 0.929 bits per heavy atom. The highest BCUT2D eigenvalue weighted by molar-refractivity contribution is 5.59. The summed E-state index contributed by atoms with van der Waals surface area (Å²) in [7, 11) is 0. The molecule has 0 aliphatic heterocycles. The van der Waals surface area contributed by atoms with E-state index >= 15 is 0 Å². The molecule has 0 spiro atoms. The zero-order valence-corrected chi connectivity index (χ0v) is 15.8. The molecule has 0 heterocycles. The summed E-state index contributed by atoms with van der Waals surface area (Å²) in [6.45, 7) is 0. The number of benzene rings is 3. The smallest absolute Gasteiger partial charge is 0.182 e. The van der Waals surface area contributed by atoms with Crippen LogP contribution in [-0.4, -0.2) is 6.21 Å². The molecule has 3 aromatic carbocycles. The zero-order chi connectivity index (χ0) is 19.2. The third-order valence-corrected chi connectivity index (χ3v) is 5.42. The van der Waals surface area contributed by atoms with Gasteiger partial charge in [0.05, 0.1) is 0 Å². The first-order valence-electron chi connectivity index (χ1n) is 9.89. The first kappa shape index (κ1) is 18.3. The molecule has 141 valence electrons. The number of fused-ring (bicyclic) bond motifs is 1. The number of hydrogen-bond acceptors (Lipinski definition) is 2. The fourth-order valence-corrected chi connectivity index (χ4v) is 4.00. The molecule has 3 nitrogen and oxygen atoms in total. The third kappa shape index (κ3) is 4.09. The normalized spacial score (nSPS) is 16.2. The zero-order valence-electron chi connectivity index (χ0n) is 15.8. The van der Waals surface area contributed by atoms with Crippen molar-refractivity contribution in [3.05, 3.63) is 101 Å². The highest BCUT2D eigenvalue weighted by atomic mass is 16.6. The van der Waals surface area contributed by atoms with Crippen molar-refractivity contribution >= 4 is 6.21 Å². The van der Waals surface area contributed by atoms with Gasteiger partial charge in [0.2, 0.25) is 0 Å². The van der Waals surface area contributed by atoms with Crippen LogP contribution in [0, 0.1) is 0 Å². The molecule has 28 heavy (non-hydrogen) atoms. The van der Waals surface area contributed by atoms with E-state index in [1.165, 1.54) is 5.56 Å². The average molecular weight is 370 g/mol. The molecule has 0 saturated carbocycles. The quantitative estimate of drug-likeness (QED) is 0.364. The number of oxime groups is 1. The molecule has 1 aliphatic carbocycles. The lowest BCUT2D eigenvalue weighted by molar-refractivity contribution is 0.0881. The van der Waals surface area contributed by atoms with E-state index in [1.54, 1.807) is 6.07 Å². The summed E-state index contributed by atoms with van der Waals surface area (Å²) in [5, 5.41) is 16.4. The van der Waals surface area contributed by atoms with Gasteiger partial charge in [-0.25, -0.2) is 0 Å². The van der Waals surface area contributed by atoms with Crippen LogP contribution in [0.3, 0.4) is 0 Å². The van der Waals surface area contributed by atoms with Crippen molar-refractivity contribution in [2.75, 3.05) is 0 Å². The van der Waals surface area contributed by atoms with Crippen molar-refractivity contribution in [1.82, 2.24) is 0 Å². The molecule has 1 unspecified atom stereocenters. The Kier molecular flexibility index (Phi) is 5.72. The largest absolute Gasteiger partial charge is 0.383 e. The van der Waals surface area contributed by atoms with Crippen LogP contribution in [0.5, 0.6) is 5.75 Å². The molecular formula is C25H24NO2. The van der Waals surface area contributed by atoms with Gasteiger partial charge in [0, 0.05) is 11.8 Å². The van der Waals surface area contributed by atoms with E-state index in [0.29, 0.717) is 5.92 Å². The van der Waals surface area contributed by atoms with Crippen LogP contribution >= 0.6 is 0 Å². The average Bonchev–Trinajstić information content (AvgIpc) is 2.75. The minimum Gasteiger partial charge on any atom is -0.383 e. The van der Waals surface area contributed by atoms with Crippen LogP contribution in [0.2, 0.25) is 0 Å². The Balaban J connectivity index is 1.47. The maximum absolute atomic E-state index is 12.1. The first-order chi connectivity index (χ1) is 13.8. The Labute approximate surface area is 166 Å². The van der Waals surface area contributed by atoms with Crippen molar-refractivity contribution in [3.63, 3.8) is 0 Å². The predicted molar refractivity (Wildman–Crippen MR) is 111 cm³/mol. The second kappa shape index (κ2) is 8.75. The van der Waals surface area contributed by atoms with Gasteiger partial charge < -0.3 is 4.84 Å². The van der Waals surface area contributed by atoms with Gasteiger partial charge in [0.25, 0.3) is 0 Å².